The van der Waals surface area contributed by atoms with Gasteiger partial charge in [-0.25, -0.2) is 0 Å². The van der Waals surface area contributed by atoms with E-state index in [0.29, 0.717) is 25.9 Å². The van der Waals surface area contributed by atoms with Crippen LogP contribution in [-0.2, 0) is 4.79 Å². The number of rotatable bonds is 2. The van der Waals surface area contributed by atoms with E-state index >= 15 is 0 Å². The Morgan fingerprint density at radius 3 is 2.53 bits per heavy atom. The topological polar surface area (TPSA) is 57.6 Å². The summed E-state index contributed by atoms with van der Waals surface area (Å²) in [4.78, 5) is 25.4. The average molecular weight is 253 g/mol. The number of aryl methyl sites for hydroxylation is 1. The lowest BCUT2D eigenvalue weighted by Gasteiger charge is -2.29. The molecule has 1 aromatic heterocycles. The predicted octanol–water partition coefficient (Wildman–Crippen LogP) is 1.99. The van der Waals surface area contributed by atoms with Crippen LogP contribution in [0.2, 0.25) is 0 Å². The molecular formula is C12H15NO3S. The van der Waals surface area contributed by atoms with Crippen molar-refractivity contribution in [3.05, 3.63) is 21.9 Å². The number of piperidine rings is 1. The molecule has 0 atom stereocenters. The number of nitrogens with zero attached hydrogens (tertiary/aromatic N) is 1. The minimum absolute atomic E-state index is 0.0342. The van der Waals surface area contributed by atoms with E-state index in [9.17, 15) is 9.59 Å². The van der Waals surface area contributed by atoms with Crippen molar-refractivity contribution in [1.82, 2.24) is 4.90 Å². The molecule has 0 unspecified atom stereocenters. The van der Waals surface area contributed by atoms with E-state index in [4.69, 9.17) is 5.11 Å². The quantitative estimate of drug-likeness (QED) is 0.877. The summed E-state index contributed by atoms with van der Waals surface area (Å²) in [6, 6.07) is 1.89. The maximum absolute atomic E-state index is 12.1. The van der Waals surface area contributed by atoms with Gasteiger partial charge in [-0.2, -0.15) is 0 Å². The molecule has 0 radical (unpaired) electrons. The number of amides is 1. The maximum atomic E-state index is 12.1. The molecule has 1 aromatic rings. The highest BCUT2D eigenvalue weighted by atomic mass is 32.1. The van der Waals surface area contributed by atoms with Crippen LogP contribution in [0.1, 0.15) is 28.1 Å². The molecule has 1 aliphatic heterocycles. The molecular weight excluding hydrogens is 238 g/mol. The minimum atomic E-state index is -0.746. The first-order chi connectivity index (χ1) is 8.08. The second-order valence-electron chi connectivity index (χ2n) is 4.39. The van der Waals surface area contributed by atoms with Gasteiger partial charge in [-0.1, -0.05) is 0 Å². The summed E-state index contributed by atoms with van der Waals surface area (Å²) < 4.78 is 0. The molecule has 1 N–H and O–H groups in total. The Hall–Kier alpha value is -1.36. The van der Waals surface area contributed by atoms with Gasteiger partial charge in [-0.15, -0.1) is 11.3 Å². The Labute approximate surface area is 104 Å². The molecule has 2 heterocycles. The SMILES string of the molecule is Cc1csc(C(=O)N2CCC(C(=O)O)CC2)c1. The fourth-order valence-electron chi connectivity index (χ4n) is 2.03. The Morgan fingerprint density at radius 1 is 1.41 bits per heavy atom. The van der Waals surface area contributed by atoms with Gasteiger partial charge in [0.15, 0.2) is 0 Å². The number of carbonyl (C=O) groups is 2. The molecule has 17 heavy (non-hydrogen) atoms. The number of carboxylic acids is 1. The smallest absolute Gasteiger partial charge is 0.306 e. The normalized spacial score (nSPS) is 17.1. The van der Waals surface area contributed by atoms with Gasteiger partial charge >= 0.3 is 5.97 Å². The highest BCUT2D eigenvalue weighted by Crippen LogP contribution is 2.21. The fraction of sp³-hybridized carbons (Fsp3) is 0.500. The predicted molar refractivity (Wildman–Crippen MR) is 65.3 cm³/mol. The van der Waals surface area contributed by atoms with E-state index in [2.05, 4.69) is 0 Å². The molecule has 1 amide bonds. The van der Waals surface area contributed by atoms with Crippen LogP contribution in [0.4, 0.5) is 0 Å². The van der Waals surface area contributed by atoms with E-state index in [-0.39, 0.29) is 11.8 Å². The molecule has 5 heteroatoms. The first-order valence-electron chi connectivity index (χ1n) is 5.65. The van der Waals surface area contributed by atoms with Gasteiger partial charge in [-0.3, -0.25) is 9.59 Å². The number of thiophene rings is 1. The van der Waals surface area contributed by atoms with Crippen LogP contribution in [0.5, 0.6) is 0 Å². The largest absolute Gasteiger partial charge is 0.481 e. The fourth-order valence-corrected chi connectivity index (χ4v) is 2.89. The van der Waals surface area contributed by atoms with Crippen molar-refractivity contribution in [2.75, 3.05) is 13.1 Å². The summed E-state index contributed by atoms with van der Waals surface area (Å²) in [6.45, 7) is 3.06. The van der Waals surface area contributed by atoms with E-state index < -0.39 is 5.97 Å². The number of carbonyl (C=O) groups excluding carboxylic acids is 1. The summed E-state index contributed by atoms with van der Waals surface area (Å²) >= 11 is 1.45. The van der Waals surface area contributed by atoms with Gasteiger partial charge < -0.3 is 10.0 Å². The number of hydrogen-bond acceptors (Lipinski definition) is 3. The number of likely N-dealkylation sites (tertiary alicyclic amines) is 1. The zero-order valence-corrected chi connectivity index (χ0v) is 10.5. The van der Waals surface area contributed by atoms with Crippen molar-refractivity contribution in [3.63, 3.8) is 0 Å². The second-order valence-corrected chi connectivity index (χ2v) is 5.30. The molecule has 0 bridgehead atoms. The van der Waals surface area contributed by atoms with E-state index in [1.54, 1.807) is 4.90 Å². The lowest BCUT2D eigenvalue weighted by molar-refractivity contribution is -0.143. The Kier molecular flexibility index (Phi) is 3.47. The lowest BCUT2D eigenvalue weighted by atomic mass is 9.97. The van der Waals surface area contributed by atoms with Crippen molar-refractivity contribution in [2.24, 2.45) is 5.92 Å². The molecule has 1 aliphatic rings. The molecule has 0 aliphatic carbocycles. The van der Waals surface area contributed by atoms with Crippen LogP contribution in [0.25, 0.3) is 0 Å². The molecule has 2 rings (SSSR count). The summed E-state index contributed by atoms with van der Waals surface area (Å²) in [5, 5.41) is 10.8. The van der Waals surface area contributed by atoms with Crippen LogP contribution in [0.15, 0.2) is 11.4 Å². The molecule has 0 saturated carbocycles. The van der Waals surface area contributed by atoms with Gasteiger partial charge in [0.25, 0.3) is 5.91 Å². The van der Waals surface area contributed by atoms with E-state index in [1.165, 1.54) is 11.3 Å². The van der Waals surface area contributed by atoms with E-state index in [1.807, 2.05) is 18.4 Å². The van der Waals surface area contributed by atoms with Crippen LogP contribution in [0, 0.1) is 12.8 Å². The van der Waals surface area contributed by atoms with Gasteiger partial charge in [0, 0.05) is 13.1 Å². The minimum Gasteiger partial charge on any atom is -0.481 e. The molecule has 1 fully saturated rings. The van der Waals surface area contributed by atoms with Crippen molar-refractivity contribution < 1.29 is 14.7 Å². The van der Waals surface area contributed by atoms with Crippen molar-refractivity contribution in [2.45, 2.75) is 19.8 Å². The van der Waals surface area contributed by atoms with Crippen LogP contribution in [0.3, 0.4) is 0 Å². The first-order valence-corrected chi connectivity index (χ1v) is 6.53. The standard InChI is InChI=1S/C12H15NO3S/c1-8-6-10(17-7-8)11(14)13-4-2-9(3-5-13)12(15)16/h6-7,9H,2-5H2,1H3,(H,15,16). The number of carboxylic acid groups (broad SMARTS) is 1. The third-order valence-electron chi connectivity index (χ3n) is 3.07. The Morgan fingerprint density at radius 2 is 2.06 bits per heavy atom. The Balaban J connectivity index is 1.97. The van der Waals surface area contributed by atoms with Crippen molar-refractivity contribution in [3.8, 4) is 0 Å². The highest BCUT2D eigenvalue weighted by molar-refractivity contribution is 7.12. The summed E-state index contributed by atoms with van der Waals surface area (Å²) in [7, 11) is 0. The molecule has 0 spiro atoms. The second kappa shape index (κ2) is 4.87. The summed E-state index contributed by atoms with van der Waals surface area (Å²) in [5.74, 6) is -1.000. The lowest BCUT2D eigenvalue weighted by Crippen LogP contribution is -2.39. The molecule has 4 nitrogen and oxygen atoms in total. The molecule has 0 aromatic carbocycles. The van der Waals surface area contributed by atoms with Gasteiger partial charge in [0.05, 0.1) is 10.8 Å². The number of hydrogen-bond donors (Lipinski definition) is 1. The third kappa shape index (κ3) is 2.66. The summed E-state index contributed by atoms with van der Waals surface area (Å²) in [6.07, 6.45) is 1.12. The Bertz CT molecular complexity index is 433. The number of aliphatic carboxylic acids is 1. The zero-order chi connectivity index (χ0) is 12.4. The maximum Gasteiger partial charge on any atom is 0.306 e. The van der Waals surface area contributed by atoms with Crippen molar-refractivity contribution in [1.29, 1.82) is 0 Å². The monoisotopic (exact) mass is 253 g/mol. The van der Waals surface area contributed by atoms with Crippen LogP contribution in [-0.4, -0.2) is 35.0 Å². The third-order valence-corrected chi connectivity index (χ3v) is 4.11. The van der Waals surface area contributed by atoms with Gasteiger partial charge in [0.1, 0.15) is 0 Å². The molecule has 1 saturated heterocycles. The summed E-state index contributed by atoms with van der Waals surface area (Å²) in [5.41, 5.74) is 1.10. The van der Waals surface area contributed by atoms with E-state index in [0.717, 1.165) is 10.4 Å². The first kappa shape index (κ1) is 12.1. The average Bonchev–Trinajstić information content (AvgIpc) is 2.75. The van der Waals surface area contributed by atoms with Crippen LogP contribution < -0.4 is 0 Å². The van der Waals surface area contributed by atoms with Crippen LogP contribution >= 0.6 is 11.3 Å². The van der Waals surface area contributed by atoms with Crippen molar-refractivity contribution >= 4 is 23.2 Å². The van der Waals surface area contributed by atoms with Gasteiger partial charge in [-0.05, 0) is 36.8 Å². The molecule has 92 valence electrons. The zero-order valence-electron chi connectivity index (χ0n) is 9.68. The van der Waals surface area contributed by atoms with Gasteiger partial charge in [0.2, 0.25) is 0 Å². The highest BCUT2D eigenvalue weighted by Gasteiger charge is 2.27.